The molecule has 0 fully saturated rings. The summed E-state index contributed by atoms with van der Waals surface area (Å²) in [6.45, 7) is 0.318. The number of hydrogen-bond donors (Lipinski definition) is 2. The van der Waals surface area contributed by atoms with Gasteiger partial charge in [-0.3, -0.25) is 4.79 Å². The zero-order valence-electron chi connectivity index (χ0n) is 10.6. The highest BCUT2D eigenvalue weighted by Gasteiger charge is 2.29. The molecule has 1 heterocycles. The fourth-order valence-corrected chi connectivity index (χ4v) is 2.32. The first-order valence-corrected chi connectivity index (χ1v) is 6.79. The number of carboxylic acids is 1. The average Bonchev–Trinajstić information content (AvgIpc) is 2.82. The summed E-state index contributed by atoms with van der Waals surface area (Å²) in [6, 6.07) is 4.83. The molecule has 8 heteroatoms. The van der Waals surface area contributed by atoms with Crippen LogP contribution >= 0.6 is 11.3 Å². The maximum Gasteiger partial charge on any atom is 0.416 e. The molecule has 4 nitrogen and oxygen atoms in total. The van der Waals surface area contributed by atoms with E-state index < -0.39 is 17.7 Å². The van der Waals surface area contributed by atoms with Gasteiger partial charge in [-0.1, -0.05) is 12.1 Å². The lowest BCUT2D eigenvalue weighted by atomic mass is 10.1. The monoisotopic (exact) mass is 316 g/mol. The zero-order chi connectivity index (χ0) is 15.5. The van der Waals surface area contributed by atoms with Gasteiger partial charge in [-0.2, -0.15) is 13.2 Å². The third kappa shape index (κ3) is 4.45. The smallest absolute Gasteiger partial charge is 0.416 e. The molecule has 1 aromatic heterocycles. The van der Waals surface area contributed by atoms with Gasteiger partial charge in [0.25, 0.3) is 0 Å². The number of aliphatic carboxylic acids is 1. The second-order valence-electron chi connectivity index (χ2n) is 4.26. The van der Waals surface area contributed by atoms with Crippen molar-refractivity contribution >= 4 is 22.4 Å². The molecular weight excluding hydrogens is 305 g/mol. The van der Waals surface area contributed by atoms with Crippen molar-refractivity contribution in [3.8, 4) is 0 Å². The molecule has 1 aromatic carbocycles. The minimum absolute atomic E-state index is 0.154. The maximum atomic E-state index is 12.4. The normalized spacial score (nSPS) is 11.4. The Kier molecular flexibility index (Phi) is 4.46. The molecule has 0 aliphatic heterocycles. The number of hydrogen-bond acceptors (Lipinski definition) is 4. The standard InChI is InChI=1S/C13H11F3N2O2S/c14-13(15,16)9-3-1-8(2-4-9)6-17-12-18-10(7-21-12)5-11(19)20/h1-4,7H,5-6H2,(H,17,18)(H,19,20). The number of benzene rings is 1. The Morgan fingerprint density at radius 1 is 1.29 bits per heavy atom. The summed E-state index contributed by atoms with van der Waals surface area (Å²) in [5.74, 6) is -0.963. The fourth-order valence-electron chi connectivity index (χ4n) is 1.61. The number of nitrogens with zero attached hydrogens (tertiary/aromatic N) is 1. The van der Waals surface area contributed by atoms with E-state index in [4.69, 9.17) is 5.11 Å². The van der Waals surface area contributed by atoms with Gasteiger partial charge < -0.3 is 10.4 Å². The number of carboxylic acid groups (broad SMARTS) is 1. The van der Waals surface area contributed by atoms with Crippen molar-refractivity contribution in [2.75, 3.05) is 5.32 Å². The highest BCUT2D eigenvalue weighted by atomic mass is 32.1. The number of rotatable bonds is 5. The lowest BCUT2D eigenvalue weighted by molar-refractivity contribution is -0.138. The predicted molar refractivity (Wildman–Crippen MR) is 72.2 cm³/mol. The molecule has 0 saturated carbocycles. The number of nitrogens with one attached hydrogen (secondary N) is 1. The van der Waals surface area contributed by atoms with Crippen molar-refractivity contribution in [3.63, 3.8) is 0 Å². The van der Waals surface area contributed by atoms with Crippen molar-refractivity contribution in [2.45, 2.75) is 19.1 Å². The Bertz CT molecular complexity index is 623. The SMILES string of the molecule is O=C(O)Cc1csc(NCc2ccc(C(F)(F)F)cc2)n1. The molecule has 0 aliphatic rings. The van der Waals surface area contributed by atoms with Crippen LogP contribution in [0.3, 0.4) is 0 Å². The van der Waals surface area contributed by atoms with Gasteiger partial charge in [0.15, 0.2) is 5.13 Å². The van der Waals surface area contributed by atoms with Crippen molar-refractivity contribution < 1.29 is 23.1 Å². The Morgan fingerprint density at radius 2 is 1.95 bits per heavy atom. The molecule has 0 aliphatic carbocycles. The van der Waals surface area contributed by atoms with Crippen molar-refractivity contribution in [3.05, 3.63) is 46.5 Å². The molecule has 2 rings (SSSR count). The quantitative estimate of drug-likeness (QED) is 0.887. The number of alkyl halides is 3. The summed E-state index contributed by atoms with van der Waals surface area (Å²) in [6.07, 6.45) is -4.49. The molecule has 0 spiro atoms. The lowest BCUT2D eigenvalue weighted by Gasteiger charge is -2.08. The third-order valence-corrected chi connectivity index (χ3v) is 3.46. The number of thiazole rings is 1. The molecule has 0 radical (unpaired) electrons. The summed E-state index contributed by atoms with van der Waals surface area (Å²) >= 11 is 1.25. The number of carbonyl (C=O) groups is 1. The number of aromatic nitrogens is 1. The molecule has 0 atom stereocenters. The number of halogens is 3. The Hall–Kier alpha value is -2.09. The van der Waals surface area contributed by atoms with Crippen LogP contribution < -0.4 is 5.32 Å². The lowest BCUT2D eigenvalue weighted by Crippen LogP contribution is -2.05. The van der Waals surface area contributed by atoms with Gasteiger partial charge in [0, 0.05) is 11.9 Å². The van der Waals surface area contributed by atoms with Crippen LogP contribution in [0.15, 0.2) is 29.6 Å². The molecular formula is C13H11F3N2O2S. The maximum absolute atomic E-state index is 12.4. The Morgan fingerprint density at radius 3 is 2.52 bits per heavy atom. The molecule has 0 amide bonds. The summed E-state index contributed by atoms with van der Waals surface area (Å²) in [4.78, 5) is 14.6. The molecule has 2 aromatic rings. The summed E-state index contributed by atoms with van der Waals surface area (Å²) in [5, 5.41) is 13.7. The van der Waals surface area contributed by atoms with E-state index in [-0.39, 0.29) is 6.42 Å². The first-order chi connectivity index (χ1) is 9.84. The highest BCUT2D eigenvalue weighted by molar-refractivity contribution is 7.13. The predicted octanol–water partition coefficient (Wildman–Crippen LogP) is 3.40. The van der Waals surface area contributed by atoms with Crippen molar-refractivity contribution in [2.24, 2.45) is 0 Å². The Labute approximate surface area is 122 Å². The van der Waals surface area contributed by atoms with E-state index in [0.717, 1.165) is 12.1 Å². The van der Waals surface area contributed by atoms with E-state index in [1.54, 1.807) is 5.38 Å². The van der Waals surface area contributed by atoms with E-state index in [0.29, 0.717) is 22.9 Å². The zero-order valence-corrected chi connectivity index (χ0v) is 11.5. The van der Waals surface area contributed by atoms with E-state index in [1.807, 2.05) is 0 Å². The minimum atomic E-state index is -4.34. The second kappa shape index (κ2) is 6.13. The van der Waals surface area contributed by atoms with Gasteiger partial charge >= 0.3 is 12.1 Å². The minimum Gasteiger partial charge on any atom is -0.481 e. The van der Waals surface area contributed by atoms with Gasteiger partial charge in [0.05, 0.1) is 17.7 Å². The van der Waals surface area contributed by atoms with Crippen LogP contribution in [0.2, 0.25) is 0 Å². The second-order valence-corrected chi connectivity index (χ2v) is 5.12. The molecule has 0 bridgehead atoms. The van der Waals surface area contributed by atoms with Crippen LogP contribution in [0.5, 0.6) is 0 Å². The van der Waals surface area contributed by atoms with E-state index >= 15 is 0 Å². The van der Waals surface area contributed by atoms with Gasteiger partial charge in [-0.05, 0) is 17.7 Å². The molecule has 112 valence electrons. The highest BCUT2D eigenvalue weighted by Crippen LogP contribution is 2.29. The van der Waals surface area contributed by atoms with Crippen LogP contribution in [0.1, 0.15) is 16.8 Å². The topological polar surface area (TPSA) is 62.2 Å². The summed E-state index contributed by atoms with van der Waals surface area (Å²) in [5.41, 5.74) is 0.435. The van der Waals surface area contributed by atoms with Crippen LogP contribution in [0.4, 0.5) is 18.3 Å². The third-order valence-electron chi connectivity index (χ3n) is 2.61. The van der Waals surface area contributed by atoms with Gasteiger partial charge in [-0.25, -0.2) is 4.98 Å². The van der Waals surface area contributed by atoms with E-state index in [1.165, 1.54) is 23.5 Å². The number of anilines is 1. The van der Waals surface area contributed by atoms with Crippen LogP contribution in [-0.4, -0.2) is 16.1 Å². The van der Waals surface area contributed by atoms with Gasteiger partial charge in [0.2, 0.25) is 0 Å². The molecule has 21 heavy (non-hydrogen) atoms. The van der Waals surface area contributed by atoms with Crippen molar-refractivity contribution in [1.82, 2.24) is 4.98 Å². The largest absolute Gasteiger partial charge is 0.481 e. The molecule has 2 N–H and O–H groups in total. The van der Waals surface area contributed by atoms with Crippen molar-refractivity contribution in [1.29, 1.82) is 0 Å². The molecule has 0 saturated heterocycles. The first-order valence-electron chi connectivity index (χ1n) is 5.91. The van der Waals surface area contributed by atoms with Crippen LogP contribution in [-0.2, 0) is 23.9 Å². The van der Waals surface area contributed by atoms with Gasteiger partial charge in [0.1, 0.15) is 0 Å². The average molecular weight is 316 g/mol. The van der Waals surface area contributed by atoms with Crippen LogP contribution in [0, 0.1) is 0 Å². The van der Waals surface area contributed by atoms with E-state index in [9.17, 15) is 18.0 Å². The summed E-state index contributed by atoms with van der Waals surface area (Å²) < 4.78 is 37.2. The Balaban J connectivity index is 1.94. The summed E-state index contributed by atoms with van der Waals surface area (Å²) in [7, 11) is 0. The molecule has 0 unspecified atom stereocenters. The first kappa shape index (κ1) is 15.3. The fraction of sp³-hybridized carbons (Fsp3) is 0.231. The van der Waals surface area contributed by atoms with E-state index in [2.05, 4.69) is 10.3 Å². The van der Waals surface area contributed by atoms with Gasteiger partial charge in [-0.15, -0.1) is 11.3 Å². The van der Waals surface area contributed by atoms with Crippen LogP contribution in [0.25, 0.3) is 0 Å².